The molecular weight excluding hydrogens is 324 g/mol. The van der Waals surface area contributed by atoms with Crippen LogP contribution in [0.3, 0.4) is 0 Å². The minimum Gasteiger partial charge on any atom is -0.481 e. The lowest BCUT2D eigenvalue weighted by molar-refractivity contribution is 0.112. The highest BCUT2D eigenvalue weighted by atomic mass is 16.5. The number of aromatic nitrogens is 2. The molecule has 0 bridgehead atoms. The van der Waals surface area contributed by atoms with Crippen molar-refractivity contribution >= 4 is 17.2 Å². The van der Waals surface area contributed by atoms with Crippen molar-refractivity contribution in [3.8, 4) is 28.3 Å². The van der Waals surface area contributed by atoms with E-state index in [0.717, 1.165) is 39.6 Å². The highest BCUT2D eigenvalue weighted by molar-refractivity contribution is 5.94. The van der Waals surface area contributed by atoms with Gasteiger partial charge in [-0.1, -0.05) is 54.6 Å². The zero-order valence-corrected chi connectivity index (χ0v) is 14.2. The minimum absolute atomic E-state index is 0.551. The number of aldehydes is 1. The second-order valence-corrected chi connectivity index (χ2v) is 5.88. The van der Waals surface area contributed by atoms with Crippen LogP contribution in [-0.4, -0.2) is 23.4 Å². The van der Waals surface area contributed by atoms with E-state index in [-0.39, 0.29) is 0 Å². The van der Waals surface area contributed by atoms with Crippen molar-refractivity contribution < 1.29 is 9.53 Å². The molecule has 4 aromatic rings. The maximum atomic E-state index is 11.0. The van der Waals surface area contributed by atoms with E-state index in [1.807, 2.05) is 36.4 Å². The van der Waals surface area contributed by atoms with E-state index in [1.165, 1.54) is 0 Å². The summed E-state index contributed by atoms with van der Waals surface area (Å²) in [4.78, 5) is 20.1. The largest absolute Gasteiger partial charge is 0.481 e. The number of carbonyl (C=O) groups is 1. The average molecular weight is 340 g/mol. The summed E-state index contributed by atoms with van der Waals surface area (Å²) in [6.07, 6.45) is 2.53. The van der Waals surface area contributed by atoms with Gasteiger partial charge in [-0.2, -0.15) is 0 Å². The zero-order valence-electron chi connectivity index (χ0n) is 14.2. The van der Waals surface area contributed by atoms with Gasteiger partial charge in [-0.25, -0.2) is 9.97 Å². The third kappa shape index (κ3) is 2.82. The molecule has 26 heavy (non-hydrogen) atoms. The normalized spacial score (nSPS) is 10.7. The van der Waals surface area contributed by atoms with Crippen molar-refractivity contribution in [3.05, 3.63) is 78.5 Å². The molecule has 0 unspecified atom stereocenters. The van der Waals surface area contributed by atoms with Crippen LogP contribution in [0, 0.1) is 0 Å². The van der Waals surface area contributed by atoms with Crippen LogP contribution in [0.4, 0.5) is 0 Å². The molecule has 0 atom stereocenters. The standard InChI is InChI=1S/C22H16N2O2/c1-26-22-19-13-18(16-5-3-2-4-6-16)21(24-20(19)11-12-23-22)17-9-7-15(14-25)8-10-17/h2-14H,1H3. The quantitative estimate of drug-likeness (QED) is 0.502. The zero-order chi connectivity index (χ0) is 17.9. The second-order valence-electron chi connectivity index (χ2n) is 5.88. The van der Waals surface area contributed by atoms with Crippen molar-refractivity contribution in [1.29, 1.82) is 0 Å². The molecule has 0 amide bonds. The van der Waals surface area contributed by atoms with Gasteiger partial charge in [0.05, 0.1) is 23.7 Å². The predicted octanol–water partition coefficient (Wildman–Crippen LogP) is 4.78. The third-order valence-corrected chi connectivity index (χ3v) is 4.30. The van der Waals surface area contributed by atoms with Crippen LogP contribution >= 0.6 is 0 Å². The van der Waals surface area contributed by atoms with E-state index in [1.54, 1.807) is 25.4 Å². The van der Waals surface area contributed by atoms with Gasteiger partial charge < -0.3 is 4.74 Å². The molecule has 2 heterocycles. The Hall–Kier alpha value is -3.53. The molecule has 0 saturated carbocycles. The summed E-state index contributed by atoms with van der Waals surface area (Å²) >= 11 is 0. The van der Waals surface area contributed by atoms with Crippen LogP contribution < -0.4 is 4.74 Å². The predicted molar refractivity (Wildman–Crippen MR) is 102 cm³/mol. The maximum absolute atomic E-state index is 11.0. The number of hydrogen-bond acceptors (Lipinski definition) is 4. The molecule has 0 spiro atoms. The van der Waals surface area contributed by atoms with Gasteiger partial charge in [-0.05, 0) is 17.7 Å². The second kappa shape index (κ2) is 6.76. The molecule has 126 valence electrons. The Balaban J connectivity index is 2.01. The fraction of sp³-hybridized carbons (Fsp3) is 0.0455. The van der Waals surface area contributed by atoms with Gasteiger partial charge in [0.2, 0.25) is 5.88 Å². The minimum atomic E-state index is 0.551. The average Bonchev–Trinajstić information content (AvgIpc) is 2.73. The molecule has 0 radical (unpaired) electrons. The third-order valence-electron chi connectivity index (χ3n) is 4.30. The molecule has 2 aromatic heterocycles. The highest BCUT2D eigenvalue weighted by Crippen LogP contribution is 2.35. The SMILES string of the molecule is COc1nccc2nc(-c3ccc(C=O)cc3)c(-c3ccccc3)cc12. The Morgan fingerprint density at radius 2 is 1.69 bits per heavy atom. The molecule has 0 aliphatic heterocycles. The summed E-state index contributed by atoms with van der Waals surface area (Å²) in [6, 6.07) is 21.5. The number of ether oxygens (including phenoxy) is 1. The van der Waals surface area contributed by atoms with Crippen molar-refractivity contribution in [2.75, 3.05) is 7.11 Å². The molecule has 4 rings (SSSR count). The molecule has 4 heteroatoms. The van der Waals surface area contributed by atoms with Crippen LogP contribution in [0.2, 0.25) is 0 Å². The number of hydrogen-bond donors (Lipinski definition) is 0. The summed E-state index contributed by atoms with van der Waals surface area (Å²) in [5.74, 6) is 0.551. The molecule has 0 saturated heterocycles. The Morgan fingerprint density at radius 1 is 0.923 bits per heavy atom. The first kappa shape index (κ1) is 16.0. The topological polar surface area (TPSA) is 52.1 Å². The summed E-state index contributed by atoms with van der Waals surface area (Å²) < 4.78 is 5.40. The molecule has 0 fully saturated rings. The highest BCUT2D eigenvalue weighted by Gasteiger charge is 2.14. The number of pyridine rings is 2. The Morgan fingerprint density at radius 3 is 2.38 bits per heavy atom. The van der Waals surface area contributed by atoms with E-state index in [2.05, 4.69) is 23.2 Å². The number of rotatable bonds is 4. The number of methoxy groups -OCH3 is 1. The van der Waals surface area contributed by atoms with E-state index in [4.69, 9.17) is 9.72 Å². The number of nitrogens with zero attached hydrogens (tertiary/aromatic N) is 2. The lowest BCUT2D eigenvalue weighted by Gasteiger charge is -2.13. The van der Waals surface area contributed by atoms with E-state index in [9.17, 15) is 4.79 Å². The van der Waals surface area contributed by atoms with E-state index in [0.29, 0.717) is 11.4 Å². The Bertz CT molecular complexity index is 1070. The Labute approximate surface area is 151 Å². The first-order valence-electron chi connectivity index (χ1n) is 8.25. The molecular formula is C22H16N2O2. The fourth-order valence-electron chi connectivity index (χ4n) is 3.01. The van der Waals surface area contributed by atoms with Gasteiger partial charge in [-0.15, -0.1) is 0 Å². The van der Waals surface area contributed by atoms with Crippen LogP contribution in [0.15, 0.2) is 72.9 Å². The number of benzene rings is 2. The molecule has 4 nitrogen and oxygen atoms in total. The van der Waals surface area contributed by atoms with Crippen molar-refractivity contribution in [2.24, 2.45) is 0 Å². The van der Waals surface area contributed by atoms with Gasteiger partial charge >= 0.3 is 0 Å². The molecule has 0 aliphatic rings. The van der Waals surface area contributed by atoms with Crippen LogP contribution in [0.25, 0.3) is 33.3 Å². The summed E-state index contributed by atoms with van der Waals surface area (Å²) in [6.45, 7) is 0. The Kier molecular flexibility index (Phi) is 4.15. The van der Waals surface area contributed by atoms with Gasteiger partial charge in [0.1, 0.15) is 6.29 Å². The first-order valence-corrected chi connectivity index (χ1v) is 8.25. The van der Waals surface area contributed by atoms with Crippen molar-refractivity contribution in [3.63, 3.8) is 0 Å². The molecule has 0 aliphatic carbocycles. The van der Waals surface area contributed by atoms with Crippen LogP contribution in [0.1, 0.15) is 10.4 Å². The number of fused-ring (bicyclic) bond motifs is 1. The van der Waals surface area contributed by atoms with Gasteiger partial charge in [-0.3, -0.25) is 4.79 Å². The lowest BCUT2D eigenvalue weighted by atomic mass is 9.97. The maximum Gasteiger partial charge on any atom is 0.222 e. The summed E-state index contributed by atoms with van der Waals surface area (Å²) in [7, 11) is 1.61. The van der Waals surface area contributed by atoms with Crippen molar-refractivity contribution in [1.82, 2.24) is 9.97 Å². The van der Waals surface area contributed by atoms with E-state index >= 15 is 0 Å². The van der Waals surface area contributed by atoms with Gasteiger partial charge in [0.25, 0.3) is 0 Å². The summed E-state index contributed by atoms with van der Waals surface area (Å²) in [5.41, 5.74) is 5.31. The van der Waals surface area contributed by atoms with Crippen molar-refractivity contribution in [2.45, 2.75) is 0 Å². The smallest absolute Gasteiger partial charge is 0.222 e. The monoisotopic (exact) mass is 340 g/mol. The van der Waals surface area contributed by atoms with Crippen LogP contribution in [-0.2, 0) is 0 Å². The fourth-order valence-corrected chi connectivity index (χ4v) is 3.01. The van der Waals surface area contributed by atoms with Crippen LogP contribution in [0.5, 0.6) is 5.88 Å². The lowest BCUT2D eigenvalue weighted by Crippen LogP contribution is -1.95. The van der Waals surface area contributed by atoms with E-state index < -0.39 is 0 Å². The van der Waals surface area contributed by atoms with Gasteiger partial charge in [0, 0.05) is 22.9 Å². The number of carbonyl (C=O) groups excluding carboxylic acids is 1. The molecule has 2 aromatic carbocycles. The van der Waals surface area contributed by atoms with Gasteiger partial charge in [0.15, 0.2) is 0 Å². The molecule has 0 N–H and O–H groups in total. The first-order chi connectivity index (χ1) is 12.8. The summed E-state index contributed by atoms with van der Waals surface area (Å²) in [5, 5.41) is 0.863.